The molecule has 34 heavy (non-hydrogen) atoms. The molecule has 1 aliphatic carbocycles. The molecule has 2 unspecified atom stereocenters. The van der Waals surface area contributed by atoms with Crippen molar-refractivity contribution in [3.05, 3.63) is 34.1 Å². The molecule has 4 N–H and O–H groups in total. The second-order valence-electron chi connectivity index (χ2n) is 9.56. The lowest BCUT2D eigenvalue weighted by atomic mass is 9.73. The van der Waals surface area contributed by atoms with Crippen LogP contribution < -0.4 is 16.4 Å². The molecule has 2 atom stereocenters. The summed E-state index contributed by atoms with van der Waals surface area (Å²) in [5.41, 5.74) is 10.1. The number of hydrogen-bond donors (Lipinski definition) is 3. The summed E-state index contributed by atoms with van der Waals surface area (Å²) >= 11 is 1.53. The third kappa shape index (κ3) is 4.51. The van der Waals surface area contributed by atoms with Crippen LogP contribution in [0, 0.1) is 0 Å². The fourth-order valence-electron chi connectivity index (χ4n) is 4.80. The Labute approximate surface area is 203 Å². The molecule has 0 radical (unpaired) electrons. The van der Waals surface area contributed by atoms with E-state index in [0.717, 1.165) is 42.7 Å². The van der Waals surface area contributed by atoms with Crippen molar-refractivity contribution in [3.8, 4) is 11.4 Å². The number of aromatic nitrogens is 4. The van der Waals surface area contributed by atoms with Crippen molar-refractivity contribution >= 4 is 23.6 Å². The predicted octanol–water partition coefficient (Wildman–Crippen LogP) is 2.51. The van der Waals surface area contributed by atoms with Crippen LogP contribution in [0.15, 0.2) is 17.3 Å². The molecule has 0 aromatic carbocycles. The van der Waals surface area contributed by atoms with Gasteiger partial charge < -0.3 is 25.8 Å². The highest BCUT2D eigenvalue weighted by atomic mass is 32.2. The molecule has 5 rings (SSSR count). The van der Waals surface area contributed by atoms with Crippen LogP contribution in [0.1, 0.15) is 61.6 Å². The summed E-state index contributed by atoms with van der Waals surface area (Å²) in [7, 11) is 0. The van der Waals surface area contributed by atoms with Gasteiger partial charge in [0.15, 0.2) is 11.8 Å². The second kappa shape index (κ2) is 9.20. The molecular formula is C23H31N7O3S. The average molecular weight is 486 g/mol. The fraction of sp³-hybridized carbons (Fsp3) is 0.565. The van der Waals surface area contributed by atoms with Gasteiger partial charge in [0.2, 0.25) is 5.95 Å². The minimum atomic E-state index is -0.343. The van der Waals surface area contributed by atoms with Crippen LogP contribution in [0.3, 0.4) is 0 Å². The first-order valence-corrected chi connectivity index (χ1v) is 12.6. The Bertz CT molecular complexity index is 1120. The zero-order valence-electron chi connectivity index (χ0n) is 19.8. The predicted molar refractivity (Wildman–Crippen MR) is 130 cm³/mol. The van der Waals surface area contributed by atoms with Gasteiger partial charge in [0.25, 0.3) is 5.91 Å². The van der Waals surface area contributed by atoms with E-state index in [9.17, 15) is 4.79 Å². The van der Waals surface area contributed by atoms with E-state index in [1.165, 1.54) is 11.8 Å². The number of carbonyl (C=O) groups excluding carboxylic acids is 1. The lowest BCUT2D eigenvalue weighted by Crippen LogP contribution is -2.42. The number of nitrogens with two attached hydrogens (primary N) is 1. The largest absolute Gasteiger partial charge is 0.368 e. The maximum absolute atomic E-state index is 13.6. The summed E-state index contributed by atoms with van der Waals surface area (Å²) in [6, 6.07) is 0. The number of rotatable bonds is 6. The summed E-state index contributed by atoms with van der Waals surface area (Å²) < 4.78 is 13.4. The van der Waals surface area contributed by atoms with Crippen LogP contribution >= 0.6 is 11.8 Å². The number of amides is 1. The molecule has 1 amide bonds. The molecule has 1 fully saturated rings. The zero-order chi connectivity index (χ0) is 23.9. The molecule has 0 spiro atoms. The molecule has 1 saturated heterocycles. The third-order valence-electron chi connectivity index (χ3n) is 6.33. The van der Waals surface area contributed by atoms with Crippen LogP contribution in [0.25, 0.3) is 11.4 Å². The summed E-state index contributed by atoms with van der Waals surface area (Å²) in [6.07, 6.45) is 5.30. The van der Waals surface area contributed by atoms with E-state index in [0.29, 0.717) is 36.7 Å². The number of carbonyl (C=O) groups is 1. The van der Waals surface area contributed by atoms with Gasteiger partial charge in [0, 0.05) is 24.1 Å². The quantitative estimate of drug-likeness (QED) is 0.565. The lowest BCUT2D eigenvalue weighted by Gasteiger charge is -2.31. The first kappa shape index (κ1) is 23.1. The molecular weight excluding hydrogens is 454 g/mol. The summed E-state index contributed by atoms with van der Waals surface area (Å²) in [6.45, 7) is 7.75. The number of nitrogens with zero attached hydrogens (tertiary/aromatic N) is 4. The van der Waals surface area contributed by atoms with Crippen molar-refractivity contribution in [2.24, 2.45) is 0 Å². The summed E-state index contributed by atoms with van der Waals surface area (Å²) in [5, 5.41) is 13.2. The monoisotopic (exact) mass is 485 g/mol. The molecule has 4 heterocycles. The Balaban J connectivity index is 1.48. The Morgan fingerprint density at radius 3 is 3.00 bits per heavy atom. The fourth-order valence-corrected chi connectivity index (χ4v) is 5.63. The van der Waals surface area contributed by atoms with E-state index in [1.807, 2.05) is 12.3 Å². The van der Waals surface area contributed by atoms with Gasteiger partial charge in [-0.1, -0.05) is 25.6 Å². The van der Waals surface area contributed by atoms with Crippen molar-refractivity contribution in [1.82, 2.24) is 30.4 Å². The number of allylic oxidation sites excluding steroid dienone is 1. The van der Waals surface area contributed by atoms with Gasteiger partial charge >= 0.3 is 0 Å². The molecule has 182 valence electrons. The molecule has 10 nitrogen and oxygen atoms in total. The Kier molecular flexibility index (Phi) is 6.26. The normalized spacial score (nSPS) is 23.0. The van der Waals surface area contributed by atoms with Crippen LogP contribution in [0.2, 0.25) is 0 Å². The first-order chi connectivity index (χ1) is 16.3. The molecule has 0 bridgehead atoms. The van der Waals surface area contributed by atoms with Crippen molar-refractivity contribution in [1.29, 1.82) is 0 Å². The lowest BCUT2D eigenvalue weighted by molar-refractivity contribution is -0.163. The summed E-state index contributed by atoms with van der Waals surface area (Å²) in [4.78, 5) is 22.3. The van der Waals surface area contributed by atoms with Gasteiger partial charge in [0.05, 0.1) is 18.8 Å². The van der Waals surface area contributed by atoms with Crippen molar-refractivity contribution in [2.75, 3.05) is 18.9 Å². The standard InChI is InChI=1S/C23H31N7O3S/c1-13-12-34-22(26-13)28-20(31)19-16-18(17-14(10-23(16,2)3)11-25-21(24)27-17)29-30(19)7-9-33-15-6-4-5-8-32-15/h11-12,15,22,26H,4-10H2,1-3H3,(H,28,31)(H2,24,25,27). The number of fused-ring (bicyclic) bond motifs is 3. The van der Waals surface area contributed by atoms with Crippen LogP contribution in [0.5, 0.6) is 0 Å². The van der Waals surface area contributed by atoms with Gasteiger partial charge in [-0.2, -0.15) is 5.10 Å². The van der Waals surface area contributed by atoms with Gasteiger partial charge in [-0.05, 0) is 49.0 Å². The van der Waals surface area contributed by atoms with Crippen molar-refractivity contribution in [3.63, 3.8) is 0 Å². The van der Waals surface area contributed by atoms with Gasteiger partial charge in [-0.25, -0.2) is 9.97 Å². The maximum atomic E-state index is 13.6. The Morgan fingerprint density at radius 2 is 2.26 bits per heavy atom. The molecule has 2 aromatic rings. The van der Waals surface area contributed by atoms with Gasteiger partial charge in [-0.3, -0.25) is 9.48 Å². The minimum absolute atomic E-state index is 0.186. The second-order valence-corrected chi connectivity index (χ2v) is 10.5. The first-order valence-electron chi connectivity index (χ1n) is 11.7. The average Bonchev–Trinajstić information content (AvgIpc) is 3.39. The van der Waals surface area contributed by atoms with Crippen LogP contribution in [-0.4, -0.2) is 50.7 Å². The van der Waals surface area contributed by atoms with E-state index in [1.54, 1.807) is 10.9 Å². The number of thioether (sulfide) groups is 1. The van der Waals surface area contributed by atoms with E-state index in [4.69, 9.17) is 20.3 Å². The number of hydrogen-bond acceptors (Lipinski definition) is 9. The number of ether oxygens (including phenoxy) is 2. The minimum Gasteiger partial charge on any atom is -0.368 e. The Morgan fingerprint density at radius 1 is 1.41 bits per heavy atom. The highest BCUT2D eigenvalue weighted by Crippen LogP contribution is 2.43. The molecule has 3 aliphatic rings. The molecule has 0 saturated carbocycles. The van der Waals surface area contributed by atoms with E-state index >= 15 is 0 Å². The van der Waals surface area contributed by atoms with E-state index < -0.39 is 0 Å². The smallest absolute Gasteiger partial charge is 0.272 e. The van der Waals surface area contributed by atoms with Crippen LogP contribution in [0.4, 0.5) is 5.95 Å². The number of anilines is 1. The molecule has 2 aliphatic heterocycles. The molecule has 11 heteroatoms. The number of nitrogen functional groups attached to an aromatic ring is 1. The summed E-state index contributed by atoms with van der Waals surface area (Å²) in [5.74, 6) is 0.00478. The zero-order valence-corrected chi connectivity index (χ0v) is 20.6. The van der Waals surface area contributed by atoms with E-state index in [2.05, 4.69) is 34.4 Å². The topological polar surface area (TPSA) is 129 Å². The van der Waals surface area contributed by atoms with E-state index in [-0.39, 0.29) is 29.1 Å². The third-order valence-corrected chi connectivity index (χ3v) is 7.33. The van der Waals surface area contributed by atoms with Gasteiger partial charge in [-0.15, -0.1) is 0 Å². The van der Waals surface area contributed by atoms with Gasteiger partial charge in [0.1, 0.15) is 11.4 Å². The van der Waals surface area contributed by atoms with Crippen LogP contribution in [-0.2, 0) is 27.9 Å². The Hall–Kier alpha value is -2.63. The maximum Gasteiger partial charge on any atom is 0.272 e. The van der Waals surface area contributed by atoms with Crippen molar-refractivity contribution in [2.45, 2.75) is 70.2 Å². The highest BCUT2D eigenvalue weighted by Gasteiger charge is 2.40. The van der Waals surface area contributed by atoms with Crippen molar-refractivity contribution < 1.29 is 14.3 Å². The number of nitrogens with one attached hydrogen (secondary N) is 2. The SMILES string of the molecule is CC1=CSC(NC(=O)c2c3c(nn2CCOC2CCCCO2)-c2nc(N)ncc2CC3(C)C)N1. The highest BCUT2D eigenvalue weighted by molar-refractivity contribution is 8.02. The molecule has 2 aromatic heterocycles.